The van der Waals surface area contributed by atoms with Gasteiger partial charge in [-0.15, -0.1) is 0 Å². The quantitative estimate of drug-likeness (QED) is 0.678. The molecule has 2 aliphatic rings. The first-order chi connectivity index (χ1) is 12.7. The Bertz CT molecular complexity index is 927. The van der Waals surface area contributed by atoms with Crippen molar-refractivity contribution in [2.75, 3.05) is 5.32 Å². The van der Waals surface area contributed by atoms with E-state index in [4.69, 9.17) is 5.73 Å². The average molecular weight is 346 g/mol. The first kappa shape index (κ1) is 15.6. The second kappa shape index (κ2) is 5.95. The summed E-state index contributed by atoms with van der Waals surface area (Å²) >= 11 is 0. The van der Waals surface area contributed by atoms with E-state index in [0.717, 1.165) is 41.0 Å². The maximum Gasteiger partial charge on any atom is 0.229 e. The Morgan fingerprint density at radius 3 is 2.58 bits per heavy atom. The number of aromatic amines is 1. The number of fused-ring (bicyclic) bond motifs is 3. The van der Waals surface area contributed by atoms with E-state index in [9.17, 15) is 4.79 Å². The second-order valence-electron chi connectivity index (χ2n) is 7.61. The summed E-state index contributed by atoms with van der Waals surface area (Å²) in [4.78, 5) is 20.6. The largest absolute Gasteiger partial charge is 0.338 e. The molecule has 4 atom stereocenters. The lowest BCUT2D eigenvalue weighted by Gasteiger charge is -2.27. The summed E-state index contributed by atoms with van der Waals surface area (Å²) < 4.78 is 0. The molecule has 26 heavy (non-hydrogen) atoms. The maximum absolute atomic E-state index is 12.7. The van der Waals surface area contributed by atoms with Crippen LogP contribution in [0.25, 0.3) is 22.4 Å². The van der Waals surface area contributed by atoms with Crippen LogP contribution < -0.4 is 11.1 Å². The summed E-state index contributed by atoms with van der Waals surface area (Å²) in [7, 11) is 0. The third-order valence-electron chi connectivity index (χ3n) is 6.10. The highest BCUT2D eigenvalue weighted by Crippen LogP contribution is 2.47. The van der Waals surface area contributed by atoms with Crippen LogP contribution in [-0.4, -0.2) is 21.9 Å². The van der Waals surface area contributed by atoms with Crippen LogP contribution in [0.15, 0.2) is 48.5 Å². The molecule has 4 unspecified atom stereocenters. The van der Waals surface area contributed by atoms with Gasteiger partial charge < -0.3 is 16.0 Å². The number of hydrogen-bond donors (Lipinski definition) is 3. The van der Waals surface area contributed by atoms with E-state index < -0.39 is 0 Å². The first-order valence-corrected chi connectivity index (χ1v) is 9.31. The highest BCUT2D eigenvalue weighted by molar-refractivity contribution is 5.94. The van der Waals surface area contributed by atoms with Crippen molar-refractivity contribution in [1.82, 2.24) is 9.97 Å². The number of aromatic nitrogens is 2. The molecule has 0 spiro atoms. The molecule has 2 saturated carbocycles. The molecule has 1 heterocycles. The average Bonchev–Trinajstić information content (AvgIpc) is 3.36. The Hall–Kier alpha value is -2.66. The normalized spacial score (nSPS) is 27.1. The molecule has 2 bridgehead atoms. The van der Waals surface area contributed by atoms with E-state index in [2.05, 4.69) is 15.3 Å². The zero-order valence-corrected chi connectivity index (χ0v) is 14.5. The number of nitrogens with zero attached hydrogens (tertiary/aromatic N) is 1. The molecule has 132 valence electrons. The Balaban J connectivity index is 1.33. The minimum Gasteiger partial charge on any atom is -0.338 e. The number of benzene rings is 2. The van der Waals surface area contributed by atoms with Gasteiger partial charge >= 0.3 is 0 Å². The molecule has 0 radical (unpaired) electrons. The maximum atomic E-state index is 12.7. The van der Waals surface area contributed by atoms with Crippen LogP contribution in [0.2, 0.25) is 0 Å². The molecule has 5 rings (SSSR count). The van der Waals surface area contributed by atoms with E-state index in [1.54, 1.807) is 0 Å². The monoisotopic (exact) mass is 346 g/mol. The molecule has 1 aromatic heterocycles. The minimum atomic E-state index is -0.0381. The highest BCUT2D eigenvalue weighted by Gasteiger charge is 2.49. The van der Waals surface area contributed by atoms with E-state index >= 15 is 0 Å². The van der Waals surface area contributed by atoms with E-state index in [1.807, 2.05) is 48.5 Å². The predicted molar refractivity (Wildman–Crippen MR) is 102 cm³/mol. The molecule has 5 nitrogen and oxygen atoms in total. The molecule has 0 saturated heterocycles. The number of imidazole rings is 1. The topological polar surface area (TPSA) is 83.8 Å². The van der Waals surface area contributed by atoms with Crippen molar-refractivity contribution < 1.29 is 4.79 Å². The third kappa shape index (κ3) is 2.51. The number of hydrogen-bond acceptors (Lipinski definition) is 3. The van der Waals surface area contributed by atoms with Gasteiger partial charge in [0, 0.05) is 17.3 Å². The van der Waals surface area contributed by atoms with Gasteiger partial charge in [-0.1, -0.05) is 12.1 Å². The van der Waals surface area contributed by atoms with E-state index in [0.29, 0.717) is 11.8 Å². The van der Waals surface area contributed by atoms with Crippen LogP contribution in [0.4, 0.5) is 5.69 Å². The van der Waals surface area contributed by atoms with E-state index in [1.165, 1.54) is 6.42 Å². The van der Waals surface area contributed by atoms with Crippen LogP contribution in [0.1, 0.15) is 19.3 Å². The molecule has 0 aliphatic heterocycles. The number of carbonyl (C=O) groups excluding carboxylic acids is 1. The lowest BCUT2D eigenvalue weighted by atomic mass is 9.84. The molecular weight excluding hydrogens is 324 g/mol. The van der Waals surface area contributed by atoms with Gasteiger partial charge in [-0.05, 0) is 67.5 Å². The van der Waals surface area contributed by atoms with Crippen LogP contribution >= 0.6 is 0 Å². The number of amides is 1. The molecular formula is C21H22N4O. The van der Waals surface area contributed by atoms with Gasteiger partial charge in [-0.2, -0.15) is 0 Å². The molecule has 2 fully saturated rings. The van der Waals surface area contributed by atoms with Crippen LogP contribution in [0.5, 0.6) is 0 Å². The number of nitrogens with one attached hydrogen (secondary N) is 2. The van der Waals surface area contributed by atoms with Gasteiger partial charge in [-0.25, -0.2) is 4.98 Å². The Kier molecular flexibility index (Phi) is 3.57. The van der Waals surface area contributed by atoms with Crippen molar-refractivity contribution in [1.29, 1.82) is 0 Å². The van der Waals surface area contributed by atoms with Crippen molar-refractivity contribution in [3.8, 4) is 11.4 Å². The Morgan fingerprint density at radius 2 is 1.85 bits per heavy atom. The fourth-order valence-corrected chi connectivity index (χ4v) is 4.75. The standard InChI is InChI=1S/C21H22N4O/c22-19-14-6-5-13(11-14)18(19)21(26)23-15-9-7-12(8-10-15)20-24-16-3-1-2-4-17(16)25-20/h1-4,7-10,13-14,18-19H,5-6,11,22H2,(H,23,26)(H,24,25). The summed E-state index contributed by atoms with van der Waals surface area (Å²) in [6, 6.07) is 15.8. The number of H-pyrrole nitrogens is 1. The zero-order chi connectivity index (χ0) is 17.7. The summed E-state index contributed by atoms with van der Waals surface area (Å²) in [6.45, 7) is 0. The second-order valence-corrected chi connectivity index (χ2v) is 7.61. The van der Waals surface area contributed by atoms with Gasteiger partial charge in [-0.3, -0.25) is 4.79 Å². The summed E-state index contributed by atoms with van der Waals surface area (Å²) in [5.74, 6) is 1.86. The van der Waals surface area contributed by atoms with Gasteiger partial charge in [0.2, 0.25) is 5.91 Å². The molecule has 4 N–H and O–H groups in total. The lowest BCUT2D eigenvalue weighted by molar-refractivity contribution is -0.121. The molecule has 2 aliphatic carbocycles. The molecule has 2 aromatic carbocycles. The Labute approximate surface area is 152 Å². The number of nitrogens with two attached hydrogens (primary N) is 1. The fourth-order valence-electron chi connectivity index (χ4n) is 4.75. The van der Waals surface area contributed by atoms with Crippen molar-refractivity contribution in [2.24, 2.45) is 23.5 Å². The van der Waals surface area contributed by atoms with Gasteiger partial charge in [0.15, 0.2) is 0 Å². The van der Waals surface area contributed by atoms with Crippen molar-refractivity contribution in [2.45, 2.75) is 25.3 Å². The SMILES string of the molecule is NC1C2CCC(C2)C1C(=O)Nc1ccc(-c2nc3ccccc3[nH]2)cc1. The number of anilines is 1. The van der Waals surface area contributed by atoms with Crippen molar-refractivity contribution >= 4 is 22.6 Å². The smallest absolute Gasteiger partial charge is 0.229 e. The summed E-state index contributed by atoms with van der Waals surface area (Å²) in [5, 5.41) is 3.05. The predicted octanol–water partition coefficient (Wildman–Crippen LogP) is 3.54. The van der Waals surface area contributed by atoms with Crippen LogP contribution in [-0.2, 0) is 4.79 Å². The van der Waals surface area contributed by atoms with E-state index in [-0.39, 0.29) is 17.9 Å². The van der Waals surface area contributed by atoms with Crippen molar-refractivity contribution in [3.63, 3.8) is 0 Å². The fraction of sp³-hybridized carbons (Fsp3) is 0.333. The van der Waals surface area contributed by atoms with Gasteiger partial charge in [0.25, 0.3) is 0 Å². The molecule has 3 aromatic rings. The number of rotatable bonds is 3. The summed E-state index contributed by atoms with van der Waals surface area (Å²) in [5.41, 5.74) is 10.1. The van der Waals surface area contributed by atoms with Crippen LogP contribution in [0.3, 0.4) is 0 Å². The van der Waals surface area contributed by atoms with Gasteiger partial charge in [0.05, 0.1) is 17.0 Å². The lowest BCUT2D eigenvalue weighted by Crippen LogP contribution is -2.42. The Morgan fingerprint density at radius 1 is 1.08 bits per heavy atom. The third-order valence-corrected chi connectivity index (χ3v) is 6.10. The molecule has 5 heteroatoms. The summed E-state index contributed by atoms with van der Waals surface area (Å²) in [6.07, 6.45) is 3.44. The van der Waals surface area contributed by atoms with Crippen LogP contribution in [0, 0.1) is 17.8 Å². The van der Waals surface area contributed by atoms with Crippen molar-refractivity contribution in [3.05, 3.63) is 48.5 Å². The zero-order valence-electron chi connectivity index (χ0n) is 14.5. The first-order valence-electron chi connectivity index (χ1n) is 9.31. The minimum absolute atomic E-state index is 0.0172. The van der Waals surface area contributed by atoms with Gasteiger partial charge in [0.1, 0.15) is 5.82 Å². The highest BCUT2D eigenvalue weighted by atomic mass is 16.2. The number of para-hydroxylation sites is 2. The molecule has 1 amide bonds. The number of carbonyl (C=O) groups is 1.